The second kappa shape index (κ2) is 3.23. The third kappa shape index (κ3) is 1.18. The first-order valence-electron chi connectivity index (χ1n) is 4.16. The molecule has 2 aromatic rings. The number of nitro groups is 1. The molecule has 16 heavy (non-hydrogen) atoms. The lowest BCUT2D eigenvalue weighted by molar-refractivity contribution is -0.384. The van der Waals surface area contributed by atoms with E-state index >= 15 is 0 Å². The molecule has 0 saturated heterocycles. The van der Waals surface area contributed by atoms with E-state index in [0.717, 1.165) is 12.1 Å². The van der Waals surface area contributed by atoms with E-state index < -0.39 is 21.1 Å². The molecule has 80 valence electrons. The molecule has 0 atom stereocenters. The quantitative estimate of drug-likeness (QED) is 0.400. The molecule has 0 saturated carbocycles. The third-order valence-electron chi connectivity index (χ3n) is 2.23. The molecule has 0 radical (unpaired) electrons. The molecule has 7 heteroatoms. The first kappa shape index (κ1) is 9.97. The van der Waals surface area contributed by atoms with Crippen molar-refractivity contribution in [1.29, 1.82) is 0 Å². The lowest BCUT2D eigenvalue weighted by Crippen LogP contribution is -2.31. The van der Waals surface area contributed by atoms with Crippen molar-refractivity contribution in [3.05, 3.63) is 54.1 Å². The summed E-state index contributed by atoms with van der Waals surface area (Å²) < 4.78 is 0. The molecule has 0 heterocycles. The molecule has 2 aromatic carbocycles. The van der Waals surface area contributed by atoms with E-state index in [2.05, 4.69) is 5.16 Å². The van der Waals surface area contributed by atoms with Crippen LogP contribution in [-0.2, 0) is 0 Å². The highest BCUT2D eigenvalue weighted by Crippen LogP contribution is 2.14. The first-order valence-corrected chi connectivity index (χ1v) is 4.16. The monoisotopic (exact) mass is 220 g/mol. The molecule has 0 fully saturated rings. The minimum Gasteiger partial charge on any atom is -0.410 e. The molecule has 2 rings (SSSR count). The fourth-order valence-electron chi connectivity index (χ4n) is 1.48. The number of benzene rings is 1. The van der Waals surface area contributed by atoms with Crippen molar-refractivity contribution in [2.75, 3.05) is 0 Å². The molecule has 0 aliphatic heterocycles. The molecular formula is C9H4N2O5. The van der Waals surface area contributed by atoms with Gasteiger partial charge in [-0.3, -0.25) is 19.7 Å². The van der Waals surface area contributed by atoms with Gasteiger partial charge in [0.05, 0.1) is 4.92 Å². The van der Waals surface area contributed by atoms with Crippen LogP contribution >= 0.6 is 0 Å². The Morgan fingerprint density at radius 1 is 1.19 bits per heavy atom. The van der Waals surface area contributed by atoms with E-state index in [1.165, 1.54) is 6.07 Å². The van der Waals surface area contributed by atoms with Gasteiger partial charge < -0.3 is 5.21 Å². The smallest absolute Gasteiger partial charge is 0.270 e. The highest BCUT2D eigenvalue weighted by molar-refractivity contribution is 5.85. The Morgan fingerprint density at radius 3 is 2.38 bits per heavy atom. The number of nitro benzene ring substituents is 1. The predicted octanol–water partition coefficient (Wildman–Crippen LogP) is -0.366. The van der Waals surface area contributed by atoms with Crippen LogP contribution in [0.1, 0.15) is 0 Å². The summed E-state index contributed by atoms with van der Waals surface area (Å²) in [5.74, 6) is 0. The van der Waals surface area contributed by atoms with E-state index in [9.17, 15) is 19.7 Å². The van der Waals surface area contributed by atoms with Crippen LogP contribution < -0.4 is 16.2 Å². The summed E-state index contributed by atoms with van der Waals surface area (Å²) >= 11 is 0. The predicted molar refractivity (Wildman–Crippen MR) is 52.9 cm³/mol. The zero-order chi connectivity index (χ0) is 11.9. The topological polar surface area (TPSA) is 110 Å². The average Bonchev–Trinajstić information content (AvgIpc) is 2.51. The fraction of sp³-hybridized carbons (Fsp3) is 0. The maximum Gasteiger partial charge on any atom is 0.270 e. The summed E-state index contributed by atoms with van der Waals surface area (Å²) in [6.45, 7) is 0. The highest BCUT2D eigenvalue weighted by atomic mass is 16.6. The van der Waals surface area contributed by atoms with Gasteiger partial charge in [0.25, 0.3) is 5.69 Å². The summed E-state index contributed by atoms with van der Waals surface area (Å²) in [6, 6.07) is 3.28. The molecule has 1 N–H and O–H groups in total. The van der Waals surface area contributed by atoms with Crippen LogP contribution in [0.2, 0.25) is 0 Å². The van der Waals surface area contributed by atoms with Gasteiger partial charge in [-0.15, -0.1) is 0 Å². The Labute approximate surface area is 86.7 Å². The Balaban J connectivity index is 3.02. The van der Waals surface area contributed by atoms with Gasteiger partial charge in [0.15, 0.2) is 5.36 Å². The van der Waals surface area contributed by atoms with Gasteiger partial charge in [0, 0.05) is 22.9 Å². The molecular weight excluding hydrogens is 216 g/mol. The van der Waals surface area contributed by atoms with Crippen molar-refractivity contribution in [2.45, 2.75) is 0 Å². The molecule has 0 bridgehead atoms. The van der Waals surface area contributed by atoms with Crippen LogP contribution in [0.4, 0.5) is 5.69 Å². The van der Waals surface area contributed by atoms with Crippen LogP contribution in [0.3, 0.4) is 0 Å². The van der Waals surface area contributed by atoms with E-state index in [1.807, 2.05) is 0 Å². The van der Waals surface area contributed by atoms with Gasteiger partial charge in [-0.25, -0.2) is 0 Å². The van der Waals surface area contributed by atoms with Gasteiger partial charge in [-0.05, 0) is 6.07 Å². The second-order valence-electron chi connectivity index (χ2n) is 3.09. The zero-order valence-electron chi connectivity index (χ0n) is 7.71. The van der Waals surface area contributed by atoms with Crippen molar-refractivity contribution in [3.8, 4) is 0 Å². The fourth-order valence-corrected chi connectivity index (χ4v) is 1.48. The Bertz CT molecular complexity index is 740. The first-order chi connectivity index (χ1) is 7.56. The number of nitrogens with zero attached hydrogens (tertiary/aromatic N) is 2. The van der Waals surface area contributed by atoms with E-state index in [0.29, 0.717) is 0 Å². The molecule has 0 unspecified atom stereocenters. The van der Waals surface area contributed by atoms with Crippen molar-refractivity contribution in [2.24, 2.45) is 5.16 Å². The van der Waals surface area contributed by atoms with Gasteiger partial charge in [-0.1, -0.05) is 5.16 Å². The lowest BCUT2D eigenvalue weighted by atomic mass is 10.2. The van der Waals surface area contributed by atoms with E-state index in [-0.39, 0.29) is 16.5 Å². The van der Waals surface area contributed by atoms with Crippen LogP contribution in [0, 0.1) is 10.1 Å². The van der Waals surface area contributed by atoms with Crippen molar-refractivity contribution < 1.29 is 10.1 Å². The minimum atomic E-state index is -0.800. The maximum absolute atomic E-state index is 11.5. The van der Waals surface area contributed by atoms with Crippen LogP contribution in [0.15, 0.2) is 32.9 Å². The van der Waals surface area contributed by atoms with Gasteiger partial charge in [0.2, 0.25) is 10.9 Å². The molecule has 0 aliphatic carbocycles. The minimum absolute atomic E-state index is 0.0170. The number of rotatable bonds is 1. The summed E-state index contributed by atoms with van der Waals surface area (Å²) in [5, 5.41) is 20.8. The Morgan fingerprint density at radius 2 is 1.81 bits per heavy atom. The molecule has 0 aliphatic rings. The third-order valence-corrected chi connectivity index (χ3v) is 2.23. The molecule has 0 amide bonds. The van der Waals surface area contributed by atoms with Gasteiger partial charge in [-0.2, -0.15) is 0 Å². The zero-order valence-corrected chi connectivity index (χ0v) is 7.71. The second-order valence-corrected chi connectivity index (χ2v) is 3.09. The normalized spacial score (nSPS) is 12.1. The van der Waals surface area contributed by atoms with Crippen molar-refractivity contribution in [3.63, 3.8) is 0 Å². The van der Waals surface area contributed by atoms with Gasteiger partial charge in [0.1, 0.15) is 0 Å². The molecule has 7 nitrogen and oxygen atoms in total. The molecule has 0 aromatic heterocycles. The van der Waals surface area contributed by atoms with E-state index in [4.69, 9.17) is 5.21 Å². The van der Waals surface area contributed by atoms with Crippen LogP contribution in [0.25, 0.3) is 10.8 Å². The maximum atomic E-state index is 11.5. The summed E-state index contributed by atoms with van der Waals surface area (Å²) in [6.07, 6.45) is 0. The van der Waals surface area contributed by atoms with Crippen LogP contribution in [-0.4, -0.2) is 10.1 Å². The van der Waals surface area contributed by atoms with Crippen molar-refractivity contribution in [1.82, 2.24) is 0 Å². The molecule has 0 spiro atoms. The van der Waals surface area contributed by atoms with Crippen LogP contribution in [0.5, 0.6) is 0 Å². The summed E-state index contributed by atoms with van der Waals surface area (Å²) in [4.78, 5) is 32.7. The number of hydrogen-bond donors (Lipinski definition) is 1. The standard InChI is InChI=1S/C9H4N2O5/c12-8-5-2-1-4(11(15)16)3-6(5)9(13)7(8)10-14/h1-3,14H. The SMILES string of the molecule is O=c1c(=NO)c(=O)c2cc([N+](=O)[O-])ccc12. The van der Waals surface area contributed by atoms with Crippen molar-refractivity contribution >= 4 is 16.5 Å². The summed E-state index contributed by atoms with van der Waals surface area (Å²) in [7, 11) is 0. The highest BCUT2D eigenvalue weighted by Gasteiger charge is 2.15. The van der Waals surface area contributed by atoms with E-state index in [1.54, 1.807) is 0 Å². The average molecular weight is 220 g/mol. The van der Waals surface area contributed by atoms with Gasteiger partial charge >= 0.3 is 0 Å². The number of non-ortho nitro benzene ring substituents is 1. The largest absolute Gasteiger partial charge is 0.410 e. The number of fused-ring (bicyclic) bond motifs is 1. The lowest BCUT2D eigenvalue weighted by Gasteiger charge is -1.89. The Hall–Kier alpha value is -2.57. The Kier molecular flexibility index (Phi) is 2.01. The summed E-state index contributed by atoms with van der Waals surface area (Å²) in [5.41, 5.74) is -1.82. The number of hydrogen-bond acceptors (Lipinski definition) is 6.